The van der Waals surface area contributed by atoms with Crippen molar-refractivity contribution in [2.24, 2.45) is 5.41 Å². The molecule has 2 fully saturated rings. The highest BCUT2D eigenvalue weighted by molar-refractivity contribution is 5.85. The Kier molecular flexibility index (Phi) is 4.46. The van der Waals surface area contributed by atoms with Gasteiger partial charge in [-0.05, 0) is 32.6 Å². The van der Waals surface area contributed by atoms with Gasteiger partial charge in [-0.1, -0.05) is 25.7 Å². The predicted octanol–water partition coefficient (Wildman–Crippen LogP) is 2.54. The summed E-state index contributed by atoms with van der Waals surface area (Å²) in [6.07, 6.45) is 7.67. The molecule has 1 saturated carbocycles. The fraction of sp³-hybridized carbons (Fsp3) is 0.867. The lowest BCUT2D eigenvalue weighted by atomic mass is 9.81. The lowest BCUT2D eigenvalue weighted by Gasteiger charge is -2.28. The van der Waals surface area contributed by atoms with E-state index >= 15 is 0 Å². The van der Waals surface area contributed by atoms with Crippen molar-refractivity contribution in [2.45, 2.75) is 63.9 Å². The van der Waals surface area contributed by atoms with Crippen LogP contribution in [0.25, 0.3) is 0 Å². The molecule has 2 aliphatic rings. The van der Waals surface area contributed by atoms with Crippen LogP contribution in [0.1, 0.15) is 58.3 Å². The maximum atomic E-state index is 12.4. The average molecular weight is 264 g/mol. The number of nitrogens with zero attached hydrogens (tertiary/aromatic N) is 1. The first-order chi connectivity index (χ1) is 9.10. The molecule has 0 spiro atoms. The minimum atomic E-state index is -0.800. The van der Waals surface area contributed by atoms with E-state index in [4.69, 9.17) is 4.74 Å². The molecule has 0 aromatic carbocycles. The molecule has 1 amide bonds. The number of rotatable bonds is 3. The summed E-state index contributed by atoms with van der Waals surface area (Å²) in [7, 11) is 0. The van der Waals surface area contributed by atoms with Crippen LogP contribution < -0.4 is 5.32 Å². The van der Waals surface area contributed by atoms with Crippen molar-refractivity contribution in [3.63, 3.8) is 0 Å². The highest BCUT2D eigenvalue weighted by Crippen LogP contribution is 2.35. The maximum Gasteiger partial charge on any atom is 0.240 e. The van der Waals surface area contributed by atoms with Gasteiger partial charge in [-0.3, -0.25) is 4.79 Å². The zero-order valence-corrected chi connectivity index (χ0v) is 11.8. The van der Waals surface area contributed by atoms with Crippen LogP contribution in [-0.4, -0.2) is 24.7 Å². The van der Waals surface area contributed by atoms with E-state index in [0.29, 0.717) is 19.4 Å². The molecule has 106 valence electrons. The molecular weight excluding hydrogens is 240 g/mol. The standard InChI is InChI=1S/C15H24N2O2/c1-14(7-6-10-19-14)12-17-13(18)15(11-16)8-4-2-3-5-9-15/h2-10,12H2,1H3,(H,17,18). The van der Waals surface area contributed by atoms with Gasteiger partial charge in [-0.15, -0.1) is 0 Å². The van der Waals surface area contributed by atoms with Gasteiger partial charge >= 0.3 is 0 Å². The Morgan fingerprint density at radius 1 is 1.21 bits per heavy atom. The molecule has 1 N–H and O–H groups in total. The zero-order valence-electron chi connectivity index (χ0n) is 11.8. The molecular formula is C15H24N2O2. The highest BCUT2D eigenvalue weighted by atomic mass is 16.5. The van der Waals surface area contributed by atoms with E-state index in [0.717, 1.165) is 45.1 Å². The van der Waals surface area contributed by atoms with Gasteiger partial charge in [0.25, 0.3) is 0 Å². The molecule has 4 nitrogen and oxygen atoms in total. The third-order valence-corrected chi connectivity index (χ3v) is 4.53. The number of amides is 1. The molecule has 1 aliphatic carbocycles. The minimum absolute atomic E-state index is 0.0892. The Morgan fingerprint density at radius 2 is 1.89 bits per heavy atom. The summed E-state index contributed by atoms with van der Waals surface area (Å²) in [6.45, 7) is 3.33. The van der Waals surface area contributed by atoms with Crippen LogP contribution in [0.4, 0.5) is 0 Å². The van der Waals surface area contributed by atoms with Gasteiger partial charge in [0.05, 0.1) is 11.7 Å². The van der Waals surface area contributed by atoms with Crippen molar-refractivity contribution in [3.05, 3.63) is 0 Å². The van der Waals surface area contributed by atoms with Crippen molar-refractivity contribution in [3.8, 4) is 6.07 Å². The van der Waals surface area contributed by atoms with Gasteiger partial charge in [-0.25, -0.2) is 0 Å². The van der Waals surface area contributed by atoms with E-state index in [2.05, 4.69) is 11.4 Å². The summed E-state index contributed by atoms with van der Waals surface area (Å²) < 4.78 is 5.67. The van der Waals surface area contributed by atoms with Crippen molar-refractivity contribution in [1.29, 1.82) is 5.26 Å². The molecule has 1 saturated heterocycles. The first-order valence-corrected chi connectivity index (χ1v) is 7.44. The van der Waals surface area contributed by atoms with E-state index in [1.54, 1.807) is 0 Å². The first-order valence-electron chi connectivity index (χ1n) is 7.44. The maximum absolute atomic E-state index is 12.4. The van der Waals surface area contributed by atoms with E-state index in [1.807, 2.05) is 6.92 Å². The van der Waals surface area contributed by atoms with Crippen molar-refractivity contribution in [1.82, 2.24) is 5.32 Å². The summed E-state index contributed by atoms with van der Waals surface area (Å²) in [5, 5.41) is 12.4. The molecule has 0 bridgehead atoms. The molecule has 0 aromatic heterocycles. The summed E-state index contributed by atoms with van der Waals surface area (Å²) >= 11 is 0. The average Bonchev–Trinajstić information content (AvgIpc) is 2.71. The molecule has 4 heteroatoms. The second kappa shape index (κ2) is 5.92. The fourth-order valence-electron chi connectivity index (χ4n) is 3.13. The van der Waals surface area contributed by atoms with Crippen LogP contribution in [0, 0.1) is 16.7 Å². The van der Waals surface area contributed by atoms with E-state index in [9.17, 15) is 10.1 Å². The number of hydrogen-bond acceptors (Lipinski definition) is 3. The normalized spacial score (nSPS) is 30.3. The Hall–Kier alpha value is -1.08. The predicted molar refractivity (Wildman–Crippen MR) is 72.3 cm³/mol. The lowest BCUT2D eigenvalue weighted by Crippen LogP contribution is -2.46. The lowest BCUT2D eigenvalue weighted by molar-refractivity contribution is -0.130. The number of carbonyl (C=O) groups excluding carboxylic acids is 1. The third kappa shape index (κ3) is 3.27. The zero-order chi connectivity index (χ0) is 13.8. The van der Waals surface area contributed by atoms with Gasteiger partial charge in [0.1, 0.15) is 5.41 Å². The highest BCUT2D eigenvalue weighted by Gasteiger charge is 2.40. The summed E-state index contributed by atoms with van der Waals surface area (Å²) in [4.78, 5) is 12.4. The van der Waals surface area contributed by atoms with Crippen LogP contribution in [0.5, 0.6) is 0 Å². The van der Waals surface area contributed by atoms with Gasteiger partial charge in [0.15, 0.2) is 0 Å². The van der Waals surface area contributed by atoms with Crippen LogP contribution in [0.3, 0.4) is 0 Å². The Bertz CT molecular complexity index is 359. The van der Waals surface area contributed by atoms with Gasteiger partial charge < -0.3 is 10.1 Å². The van der Waals surface area contributed by atoms with Crippen LogP contribution in [0.2, 0.25) is 0 Å². The van der Waals surface area contributed by atoms with Crippen molar-refractivity contribution in [2.75, 3.05) is 13.2 Å². The smallest absolute Gasteiger partial charge is 0.240 e. The number of nitrogens with one attached hydrogen (secondary N) is 1. The molecule has 2 rings (SSSR count). The Morgan fingerprint density at radius 3 is 2.42 bits per heavy atom. The van der Waals surface area contributed by atoms with E-state index in [1.165, 1.54) is 0 Å². The third-order valence-electron chi connectivity index (χ3n) is 4.53. The number of ether oxygens (including phenoxy) is 1. The van der Waals surface area contributed by atoms with Gasteiger partial charge in [0.2, 0.25) is 5.91 Å². The molecule has 1 atom stereocenters. The molecule has 19 heavy (non-hydrogen) atoms. The SMILES string of the molecule is CC1(CNC(=O)C2(C#N)CCCCCC2)CCCO1. The Balaban J connectivity index is 1.95. The first kappa shape index (κ1) is 14.3. The topological polar surface area (TPSA) is 62.1 Å². The number of hydrogen-bond donors (Lipinski definition) is 1. The van der Waals surface area contributed by atoms with Crippen LogP contribution in [0.15, 0.2) is 0 Å². The van der Waals surface area contributed by atoms with E-state index < -0.39 is 5.41 Å². The monoisotopic (exact) mass is 264 g/mol. The largest absolute Gasteiger partial charge is 0.373 e. The second-order valence-corrected chi connectivity index (χ2v) is 6.19. The second-order valence-electron chi connectivity index (χ2n) is 6.19. The summed E-state index contributed by atoms with van der Waals surface area (Å²) in [5.41, 5.74) is -1.04. The van der Waals surface area contributed by atoms with Gasteiger partial charge in [-0.2, -0.15) is 5.26 Å². The van der Waals surface area contributed by atoms with Crippen molar-refractivity contribution >= 4 is 5.91 Å². The minimum Gasteiger partial charge on any atom is -0.373 e. The molecule has 0 aromatic rings. The molecule has 1 aliphatic heterocycles. The quantitative estimate of drug-likeness (QED) is 0.797. The molecule has 1 unspecified atom stereocenters. The van der Waals surface area contributed by atoms with Crippen LogP contribution in [-0.2, 0) is 9.53 Å². The van der Waals surface area contributed by atoms with E-state index in [-0.39, 0.29) is 11.5 Å². The number of nitriles is 1. The van der Waals surface area contributed by atoms with Crippen molar-refractivity contribution < 1.29 is 9.53 Å². The Labute approximate surface area is 115 Å². The van der Waals surface area contributed by atoms with Crippen LogP contribution >= 0.6 is 0 Å². The fourth-order valence-corrected chi connectivity index (χ4v) is 3.13. The van der Waals surface area contributed by atoms with Gasteiger partial charge in [0, 0.05) is 13.2 Å². The summed E-state index contributed by atoms with van der Waals surface area (Å²) in [5.74, 6) is -0.0892. The number of carbonyl (C=O) groups is 1. The molecule has 1 heterocycles. The molecule has 0 radical (unpaired) electrons. The summed E-state index contributed by atoms with van der Waals surface area (Å²) in [6, 6.07) is 2.29.